The molecule has 7 heteroatoms. The molecule has 1 atom stereocenters. The number of rotatable bonds is 5. The number of hydrogen-bond donors (Lipinski definition) is 1. The van der Waals surface area contributed by atoms with Crippen LogP contribution in [-0.2, 0) is 14.8 Å². The van der Waals surface area contributed by atoms with Gasteiger partial charge in [0, 0.05) is 12.2 Å². The Morgan fingerprint density at radius 2 is 1.88 bits per heavy atom. The summed E-state index contributed by atoms with van der Waals surface area (Å²) >= 11 is 0. The zero-order valence-corrected chi connectivity index (χ0v) is 14.9. The lowest BCUT2D eigenvalue weighted by Crippen LogP contribution is -2.41. The van der Waals surface area contributed by atoms with E-state index < -0.39 is 16.1 Å². The summed E-state index contributed by atoms with van der Waals surface area (Å²) in [7, 11) is -2.16. The summed E-state index contributed by atoms with van der Waals surface area (Å²) < 4.78 is 32.7. The van der Waals surface area contributed by atoms with Crippen molar-refractivity contribution in [1.29, 1.82) is 0 Å². The lowest BCUT2D eigenvalue weighted by Gasteiger charge is -2.17. The predicted octanol–water partition coefficient (Wildman–Crippen LogP) is 2.09. The molecule has 25 heavy (non-hydrogen) atoms. The molecule has 6 nitrogen and oxygen atoms in total. The van der Waals surface area contributed by atoms with Crippen molar-refractivity contribution in [3.05, 3.63) is 54.1 Å². The quantitative estimate of drug-likeness (QED) is 0.886. The van der Waals surface area contributed by atoms with Crippen LogP contribution in [0.15, 0.2) is 53.4 Å². The Labute approximate surface area is 147 Å². The zero-order valence-electron chi connectivity index (χ0n) is 14.1. The van der Waals surface area contributed by atoms with Gasteiger partial charge in [0.15, 0.2) is 0 Å². The van der Waals surface area contributed by atoms with Gasteiger partial charge in [-0.2, -0.15) is 4.72 Å². The number of nitrogens with zero attached hydrogens (tertiary/aromatic N) is 1. The summed E-state index contributed by atoms with van der Waals surface area (Å²) in [5, 5.41) is 0. The highest BCUT2D eigenvalue weighted by atomic mass is 32.2. The summed E-state index contributed by atoms with van der Waals surface area (Å²) in [4.78, 5) is 14.4. The smallest absolute Gasteiger partial charge is 0.245 e. The van der Waals surface area contributed by atoms with Gasteiger partial charge in [-0.25, -0.2) is 8.42 Å². The van der Waals surface area contributed by atoms with Crippen LogP contribution in [0.4, 0.5) is 5.69 Å². The van der Waals surface area contributed by atoms with Crippen molar-refractivity contribution in [3.8, 4) is 5.75 Å². The first-order chi connectivity index (χ1) is 11.9. The third-order valence-electron chi connectivity index (χ3n) is 4.19. The van der Waals surface area contributed by atoms with E-state index in [1.54, 1.807) is 48.4 Å². The third-order valence-corrected chi connectivity index (χ3v) is 5.66. The number of benzene rings is 2. The largest absolute Gasteiger partial charge is 0.497 e. The van der Waals surface area contributed by atoms with E-state index in [2.05, 4.69) is 4.72 Å². The number of amides is 1. The minimum atomic E-state index is -3.73. The van der Waals surface area contributed by atoms with E-state index in [0.29, 0.717) is 18.7 Å². The van der Waals surface area contributed by atoms with Crippen LogP contribution < -0.4 is 14.4 Å². The molecule has 1 aliphatic heterocycles. The fraction of sp³-hybridized carbons (Fsp3) is 0.278. The lowest BCUT2D eigenvalue weighted by atomic mass is 10.2. The monoisotopic (exact) mass is 360 g/mol. The van der Waals surface area contributed by atoms with Crippen molar-refractivity contribution in [1.82, 2.24) is 4.72 Å². The number of sulfonamides is 1. The SMILES string of the molecule is COc1ccc(N2CC[C@@H](NS(=O)(=O)c3cccc(C)c3)C2=O)cc1. The molecule has 1 N–H and O–H groups in total. The molecule has 1 heterocycles. The number of ether oxygens (including phenoxy) is 1. The topological polar surface area (TPSA) is 75.7 Å². The molecule has 0 spiro atoms. The minimum absolute atomic E-state index is 0.170. The Hall–Kier alpha value is -2.38. The Morgan fingerprint density at radius 3 is 2.52 bits per heavy atom. The Morgan fingerprint density at radius 1 is 1.16 bits per heavy atom. The van der Waals surface area contributed by atoms with Gasteiger partial charge in [-0.1, -0.05) is 12.1 Å². The molecule has 1 aliphatic rings. The summed E-state index contributed by atoms with van der Waals surface area (Å²) in [6, 6.07) is 13.0. The molecule has 2 aromatic carbocycles. The number of carbonyl (C=O) groups is 1. The van der Waals surface area contributed by atoms with Crippen LogP contribution in [0.25, 0.3) is 0 Å². The molecular weight excluding hydrogens is 340 g/mol. The van der Waals surface area contributed by atoms with Gasteiger partial charge in [0.1, 0.15) is 11.8 Å². The number of aryl methyl sites for hydroxylation is 1. The van der Waals surface area contributed by atoms with Gasteiger partial charge in [-0.05, 0) is 55.3 Å². The molecule has 1 saturated heterocycles. The molecule has 1 amide bonds. The number of hydrogen-bond acceptors (Lipinski definition) is 4. The highest BCUT2D eigenvalue weighted by molar-refractivity contribution is 7.89. The van der Waals surface area contributed by atoms with Gasteiger partial charge in [0.05, 0.1) is 12.0 Å². The van der Waals surface area contributed by atoms with E-state index >= 15 is 0 Å². The Balaban J connectivity index is 1.75. The first kappa shape index (κ1) is 17.4. The zero-order chi connectivity index (χ0) is 18.0. The molecule has 0 radical (unpaired) electrons. The van der Waals surface area contributed by atoms with E-state index in [1.807, 2.05) is 13.0 Å². The maximum Gasteiger partial charge on any atom is 0.245 e. The van der Waals surface area contributed by atoms with Gasteiger partial charge in [-0.15, -0.1) is 0 Å². The van der Waals surface area contributed by atoms with Gasteiger partial charge >= 0.3 is 0 Å². The molecule has 132 valence electrons. The van der Waals surface area contributed by atoms with Gasteiger partial charge in [-0.3, -0.25) is 4.79 Å². The average Bonchev–Trinajstić information content (AvgIpc) is 2.95. The third kappa shape index (κ3) is 3.67. The fourth-order valence-corrected chi connectivity index (χ4v) is 4.17. The van der Waals surface area contributed by atoms with E-state index in [9.17, 15) is 13.2 Å². The van der Waals surface area contributed by atoms with Crippen molar-refractivity contribution in [3.63, 3.8) is 0 Å². The van der Waals surface area contributed by atoms with Crippen LogP contribution >= 0.6 is 0 Å². The first-order valence-electron chi connectivity index (χ1n) is 7.95. The molecule has 2 aromatic rings. The molecule has 0 unspecified atom stereocenters. The van der Waals surface area contributed by atoms with Gasteiger partial charge < -0.3 is 9.64 Å². The minimum Gasteiger partial charge on any atom is -0.497 e. The number of carbonyl (C=O) groups excluding carboxylic acids is 1. The maximum atomic E-state index is 12.6. The van der Waals surface area contributed by atoms with E-state index in [4.69, 9.17) is 4.74 Å². The van der Waals surface area contributed by atoms with Crippen molar-refractivity contribution in [2.24, 2.45) is 0 Å². The molecule has 0 saturated carbocycles. The number of methoxy groups -OCH3 is 1. The van der Waals surface area contributed by atoms with E-state index in [1.165, 1.54) is 6.07 Å². The Kier molecular flexibility index (Phi) is 4.78. The number of anilines is 1. The van der Waals surface area contributed by atoms with E-state index in [-0.39, 0.29) is 10.8 Å². The molecule has 0 aliphatic carbocycles. The maximum absolute atomic E-state index is 12.6. The van der Waals surface area contributed by atoms with Crippen LogP contribution in [0.1, 0.15) is 12.0 Å². The number of nitrogens with one attached hydrogen (secondary N) is 1. The second-order valence-electron chi connectivity index (χ2n) is 5.97. The normalized spacial score (nSPS) is 17.8. The second-order valence-corrected chi connectivity index (χ2v) is 7.68. The van der Waals surface area contributed by atoms with Crippen LogP contribution in [0.2, 0.25) is 0 Å². The van der Waals surface area contributed by atoms with Crippen LogP contribution in [0.3, 0.4) is 0 Å². The highest BCUT2D eigenvalue weighted by Crippen LogP contribution is 2.25. The second kappa shape index (κ2) is 6.85. The van der Waals surface area contributed by atoms with Gasteiger partial charge in [0.25, 0.3) is 0 Å². The summed E-state index contributed by atoms with van der Waals surface area (Å²) in [6.45, 7) is 2.29. The van der Waals surface area contributed by atoms with Crippen LogP contribution in [-0.4, -0.2) is 34.0 Å². The predicted molar refractivity (Wildman–Crippen MR) is 95.3 cm³/mol. The summed E-state index contributed by atoms with van der Waals surface area (Å²) in [5.74, 6) is 0.452. The average molecular weight is 360 g/mol. The fourth-order valence-electron chi connectivity index (χ4n) is 2.85. The van der Waals surface area contributed by atoms with Crippen LogP contribution in [0.5, 0.6) is 5.75 Å². The Bertz CT molecular complexity index is 878. The lowest BCUT2D eigenvalue weighted by molar-refractivity contribution is -0.118. The molecular formula is C18H20N2O4S. The molecule has 0 aromatic heterocycles. The molecule has 3 rings (SSSR count). The van der Waals surface area contributed by atoms with Crippen molar-refractivity contribution in [2.45, 2.75) is 24.3 Å². The van der Waals surface area contributed by atoms with Crippen LogP contribution in [0, 0.1) is 6.92 Å². The standard InChI is InChI=1S/C18H20N2O4S/c1-13-4-3-5-16(12-13)25(22,23)19-17-10-11-20(18(17)21)14-6-8-15(24-2)9-7-14/h3-9,12,17,19H,10-11H2,1-2H3/t17-/m1/s1. The van der Waals surface area contributed by atoms with Crippen molar-refractivity contribution in [2.75, 3.05) is 18.6 Å². The first-order valence-corrected chi connectivity index (χ1v) is 9.43. The van der Waals surface area contributed by atoms with E-state index in [0.717, 1.165) is 11.3 Å². The summed E-state index contributed by atoms with van der Waals surface area (Å²) in [5.41, 5.74) is 1.57. The molecule has 1 fully saturated rings. The molecule has 0 bridgehead atoms. The van der Waals surface area contributed by atoms with Crippen molar-refractivity contribution < 1.29 is 17.9 Å². The van der Waals surface area contributed by atoms with Gasteiger partial charge in [0.2, 0.25) is 15.9 Å². The summed E-state index contributed by atoms with van der Waals surface area (Å²) in [6.07, 6.45) is 0.426. The highest BCUT2D eigenvalue weighted by Gasteiger charge is 2.35. The van der Waals surface area contributed by atoms with Crippen molar-refractivity contribution >= 4 is 21.6 Å².